The van der Waals surface area contributed by atoms with Crippen molar-refractivity contribution in [2.75, 3.05) is 9.80 Å². The molecule has 46 heavy (non-hydrogen) atoms. The zero-order valence-corrected chi connectivity index (χ0v) is 26.1. The predicted molar refractivity (Wildman–Crippen MR) is 198 cm³/mol. The molecule has 2 heteroatoms. The summed E-state index contributed by atoms with van der Waals surface area (Å²) in [5, 5.41) is 7.37. The maximum atomic E-state index is 2.35. The highest BCUT2D eigenvalue weighted by Crippen LogP contribution is 2.40. The molecule has 0 unspecified atom stereocenters. The molecule has 8 aromatic carbocycles. The van der Waals surface area contributed by atoms with E-state index in [1.54, 1.807) is 0 Å². The van der Waals surface area contributed by atoms with Crippen LogP contribution in [-0.2, 0) is 0 Å². The Kier molecular flexibility index (Phi) is 6.96. The fourth-order valence-corrected chi connectivity index (χ4v) is 6.53. The molecule has 0 saturated carbocycles. The summed E-state index contributed by atoms with van der Waals surface area (Å²) in [7, 11) is 0. The SMILES string of the molecule is Cc1ccc2cc(N(c3ccccc3)c3ccc4cc(N(c5ccccc5)c5ccc6cc(C)ccc6c5)ccc4c3)ccc2c1. The van der Waals surface area contributed by atoms with E-state index in [1.807, 2.05) is 0 Å². The van der Waals surface area contributed by atoms with E-state index >= 15 is 0 Å². The Morgan fingerprint density at radius 1 is 0.261 bits per heavy atom. The van der Waals surface area contributed by atoms with Gasteiger partial charge >= 0.3 is 0 Å². The van der Waals surface area contributed by atoms with Gasteiger partial charge in [0.25, 0.3) is 0 Å². The highest BCUT2D eigenvalue weighted by molar-refractivity contribution is 5.96. The standard InChI is InChI=1S/C44H34N2/c1-31-13-15-35-27-41(21-17-33(35)25-31)45(39-9-5-3-6-10-39)43-23-19-38-30-44(24-20-37(38)29-43)46(40-11-7-4-8-12-40)42-22-18-34-26-32(2)14-16-36(34)28-42/h3-30H,1-2H3. The Morgan fingerprint density at radius 2 is 0.543 bits per heavy atom. The normalized spacial score (nSPS) is 11.3. The van der Waals surface area contributed by atoms with Gasteiger partial charge in [0, 0.05) is 34.1 Å². The molecule has 0 fully saturated rings. The van der Waals surface area contributed by atoms with Gasteiger partial charge in [-0.05, 0) is 119 Å². The maximum Gasteiger partial charge on any atom is 0.0468 e. The average molecular weight is 591 g/mol. The fraction of sp³-hybridized carbons (Fsp3) is 0.0455. The lowest BCUT2D eigenvalue weighted by atomic mass is 10.0. The van der Waals surface area contributed by atoms with Crippen LogP contribution >= 0.6 is 0 Å². The van der Waals surface area contributed by atoms with Crippen LogP contribution in [0, 0.1) is 13.8 Å². The molecular formula is C44H34N2. The molecule has 0 bridgehead atoms. The van der Waals surface area contributed by atoms with Gasteiger partial charge in [-0.15, -0.1) is 0 Å². The molecule has 0 aromatic heterocycles. The van der Waals surface area contributed by atoms with Crippen LogP contribution in [0.2, 0.25) is 0 Å². The van der Waals surface area contributed by atoms with Crippen molar-refractivity contribution in [1.29, 1.82) is 0 Å². The molecule has 0 aliphatic carbocycles. The second-order valence-corrected chi connectivity index (χ2v) is 12.1. The minimum Gasteiger partial charge on any atom is -0.310 e. The molecule has 0 radical (unpaired) electrons. The Hall–Kier alpha value is -5.86. The van der Waals surface area contributed by atoms with E-state index in [2.05, 4.69) is 194 Å². The Balaban J connectivity index is 1.22. The zero-order valence-electron chi connectivity index (χ0n) is 26.1. The zero-order chi connectivity index (χ0) is 31.0. The number of aryl methyl sites for hydroxylation is 2. The summed E-state index contributed by atoms with van der Waals surface area (Å²) >= 11 is 0. The number of nitrogens with zero attached hydrogens (tertiary/aromatic N) is 2. The number of para-hydroxylation sites is 2. The summed E-state index contributed by atoms with van der Waals surface area (Å²) in [5.41, 5.74) is 9.34. The van der Waals surface area contributed by atoms with Gasteiger partial charge in [-0.25, -0.2) is 0 Å². The largest absolute Gasteiger partial charge is 0.310 e. The number of hydrogen-bond donors (Lipinski definition) is 0. The van der Waals surface area contributed by atoms with E-state index in [4.69, 9.17) is 0 Å². The van der Waals surface area contributed by atoms with Gasteiger partial charge < -0.3 is 9.80 Å². The molecule has 0 aliphatic rings. The molecule has 0 heterocycles. The highest BCUT2D eigenvalue weighted by atomic mass is 15.1. The van der Waals surface area contributed by atoms with Gasteiger partial charge in [-0.1, -0.05) is 108 Å². The number of anilines is 6. The Bertz CT molecular complexity index is 2170. The molecule has 0 aliphatic heterocycles. The quantitative estimate of drug-likeness (QED) is 0.190. The van der Waals surface area contributed by atoms with Crippen molar-refractivity contribution in [2.45, 2.75) is 13.8 Å². The minimum absolute atomic E-state index is 1.13. The molecule has 0 N–H and O–H groups in total. The van der Waals surface area contributed by atoms with Crippen molar-refractivity contribution < 1.29 is 0 Å². The second kappa shape index (κ2) is 11.6. The Morgan fingerprint density at radius 3 is 0.870 bits per heavy atom. The number of rotatable bonds is 6. The first-order valence-electron chi connectivity index (χ1n) is 15.8. The maximum absolute atomic E-state index is 2.35. The Labute approximate surface area is 270 Å². The van der Waals surface area contributed by atoms with Crippen LogP contribution in [0.3, 0.4) is 0 Å². The van der Waals surface area contributed by atoms with E-state index in [-0.39, 0.29) is 0 Å². The molecule has 0 saturated heterocycles. The van der Waals surface area contributed by atoms with Crippen molar-refractivity contribution >= 4 is 66.4 Å². The minimum atomic E-state index is 1.13. The summed E-state index contributed by atoms with van der Waals surface area (Å²) < 4.78 is 0. The number of hydrogen-bond acceptors (Lipinski definition) is 2. The molecule has 0 amide bonds. The summed E-state index contributed by atoms with van der Waals surface area (Å²) in [6, 6.07) is 61.6. The van der Waals surface area contributed by atoms with Crippen LogP contribution in [0.4, 0.5) is 34.1 Å². The van der Waals surface area contributed by atoms with Gasteiger partial charge in [-0.3, -0.25) is 0 Å². The molecule has 8 aromatic rings. The molecule has 8 rings (SSSR count). The lowest BCUT2D eigenvalue weighted by Gasteiger charge is -2.27. The van der Waals surface area contributed by atoms with E-state index in [9.17, 15) is 0 Å². The van der Waals surface area contributed by atoms with Gasteiger partial charge in [0.05, 0.1) is 0 Å². The van der Waals surface area contributed by atoms with E-state index in [0.717, 1.165) is 34.1 Å². The van der Waals surface area contributed by atoms with Crippen LogP contribution in [-0.4, -0.2) is 0 Å². The number of fused-ring (bicyclic) bond motifs is 3. The van der Waals surface area contributed by atoms with Gasteiger partial charge in [0.1, 0.15) is 0 Å². The average Bonchev–Trinajstić information content (AvgIpc) is 3.09. The van der Waals surface area contributed by atoms with Crippen LogP contribution < -0.4 is 9.80 Å². The van der Waals surface area contributed by atoms with Crippen molar-refractivity contribution in [3.05, 3.63) is 181 Å². The fourth-order valence-electron chi connectivity index (χ4n) is 6.53. The van der Waals surface area contributed by atoms with Gasteiger partial charge in [-0.2, -0.15) is 0 Å². The van der Waals surface area contributed by atoms with Crippen LogP contribution in [0.15, 0.2) is 170 Å². The van der Waals surface area contributed by atoms with Crippen LogP contribution in [0.1, 0.15) is 11.1 Å². The smallest absolute Gasteiger partial charge is 0.0468 e. The third-order valence-corrected chi connectivity index (χ3v) is 8.83. The molecule has 2 nitrogen and oxygen atoms in total. The topological polar surface area (TPSA) is 6.48 Å². The third-order valence-electron chi connectivity index (χ3n) is 8.83. The molecule has 220 valence electrons. The van der Waals surface area contributed by atoms with E-state index in [1.165, 1.54) is 43.4 Å². The summed E-state index contributed by atoms with van der Waals surface area (Å²) in [5.74, 6) is 0. The van der Waals surface area contributed by atoms with E-state index < -0.39 is 0 Å². The number of benzene rings is 8. The van der Waals surface area contributed by atoms with Crippen molar-refractivity contribution in [3.63, 3.8) is 0 Å². The predicted octanol–water partition coefficient (Wildman–Crippen LogP) is 12.7. The van der Waals surface area contributed by atoms with Crippen molar-refractivity contribution in [2.24, 2.45) is 0 Å². The third kappa shape index (κ3) is 5.25. The monoisotopic (exact) mass is 590 g/mol. The molecular weight excluding hydrogens is 556 g/mol. The summed E-state index contributed by atoms with van der Waals surface area (Å²) in [6.07, 6.45) is 0. The molecule has 0 atom stereocenters. The first-order chi connectivity index (χ1) is 22.6. The van der Waals surface area contributed by atoms with Crippen molar-refractivity contribution in [1.82, 2.24) is 0 Å². The van der Waals surface area contributed by atoms with Gasteiger partial charge in [0.2, 0.25) is 0 Å². The van der Waals surface area contributed by atoms with Gasteiger partial charge in [0.15, 0.2) is 0 Å². The molecule has 0 spiro atoms. The summed E-state index contributed by atoms with van der Waals surface area (Å²) in [4.78, 5) is 4.69. The lowest BCUT2D eigenvalue weighted by molar-refractivity contribution is 1.29. The highest BCUT2D eigenvalue weighted by Gasteiger charge is 2.16. The lowest BCUT2D eigenvalue weighted by Crippen LogP contribution is -2.10. The van der Waals surface area contributed by atoms with E-state index in [0.29, 0.717) is 0 Å². The first kappa shape index (κ1) is 27.7. The van der Waals surface area contributed by atoms with Crippen LogP contribution in [0.5, 0.6) is 0 Å². The van der Waals surface area contributed by atoms with Crippen LogP contribution in [0.25, 0.3) is 32.3 Å². The first-order valence-corrected chi connectivity index (χ1v) is 15.8. The summed E-state index contributed by atoms with van der Waals surface area (Å²) in [6.45, 7) is 4.29. The second-order valence-electron chi connectivity index (χ2n) is 12.1. The van der Waals surface area contributed by atoms with Crippen molar-refractivity contribution in [3.8, 4) is 0 Å².